The molecule has 1 aliphatic carbocycles. The third-order valence-corrected chi connectivity index (χ3v) is 7.25. The van der Waals surface area contributed by atoms with Gasteiger partial charge in [0, 0.05) is 35.2 Å². The van der Waals surface area contributed by atoms with Crippen LogP contribution in [0.5, 0.6) is 0 Å². The van der Waals surface area contributed by atoms with E-state index in [0.717, 1.165) is 72.8 Å². The molecule has 2 aromatic carbocycles. The molecule has 0 radical (unpaired) electrons. The molecule has 3 aromatic rings. The number of halogens is 1. The maximum atomic E-state index is 10.3. The van der Waals surface area contributed by atoms with Crippen LogP contribution < -0.4 is 4.72 Å². The van der Waals surface area contributed by atoms with Crippen LogP contribution in [0.15, 0.2) is 53.5 Å². The van der Waals surface area contributed by atoms with Crippen LogP contribution in [0.3, 0.4) is 0 Å². The van der Waals surface area contributed by atoms with E-state index in [4.69, 9.17) is 21.1 Å². The first-order valence-electron chi connectivity index (χ1n) is 12.4. The molecule has 9 nitrogen and oxygen atoms in total. The van der Waals surface area contributed by atoms with Crippen molar-refractivity contribution in [1.29, 1.82) is 0 Å². The maximum Gasteiger partial charge on any atom is 0.333 e. The van der Waals surface area contributed by atoms with Crippen LogP contribution in [-0.4, -0.2) is 65.0 Å². The van der Waals surface area contributed by atoms with Crippen molar-refractivity contribution in [2.24, 2.45) is 4.99 Å². The fourth-order valence-electron chi connectivity index (χ4n) is 4.62. The Morgan fingerprint density at radius 3 is 2.49 bits per heavy atom. The van der Waals surface area contributed by atoms with Crippen LogP contribution in [0.1, 0.15) is 54.9 Å². The zero-order valence-corrected chi connectivity index (χ0v) is 22.7. The van der Waals surface area contributed by atoms with Gasteiger partial charge in [0.15, 0.2) is 5.82 Å². The van der Waals surface area contributed by atoms with E-state index in [1.165, 1.54) is 6.42 Å². The number of fused-ring (bicyclic) bond motifs is 3. The Labute approximate surface area is 223 Å². The van der Waals surface area contributed by atoms with Crippen LogP contribution in [-0.2, 0) is 23.3 Å². The van der Waals surface area contributed by atoms with Gasteiger partial charge in [-0.25, -0.2) is 0 Å². The number of aromatic nitrogens is 3. The summed E-state index contributed by atoms with van der Waals surface area (Å²) in [6, 6.07) is 16.1. The van der Waals surface area contributed by atoms with E-state index in [2.05, 4.69) is 50.6 Å². The normalized spacial score (nSPS) is 15.8. The Hall–Kier alpha value is -2.63. The first-order valence-corrected chi connectivity index (χ1v) is 14.3. The van der Waals surface area contributed by atoms with Crippen molar-refractivity contribution >= 4 is 27.6 Å². The highest BCUT2D eigenvalue weighted by Gasteiger charge is 2.23. The van der Waals surface area contributed by atoms with Crippen molar-refractivity contribution in [2.45, 2.75) is 51.1 Å². The number of benzene rings is 2. The van der Waals surface area contributed by atoms with E-state index in [0.29, 0.717) is 11.6 Å². The molecular formula is C26H33ClN6O3S. The maximum absolute atomic E-state index is 10.3. The lowest BCUT2D eigenvalue weighted by atomic mass is 9.96. The largest absolute Gasteiger partial charge is 0.333 e. The molecule has 198 valence electrons. The average Bonchev–Trinajstić information content (AvgIpc) is 3.19. The Morgan fingerprint density at radius 2 is 1.81 bits per heavy atom. The molecule has 37 heavy (non-hydrogen) atoms. The van der Waals surface area contributed by atoms with Crippen molar-refractivity contribution in [3.63, 3.8) is 0 Å². The van der Waals surface area contributed by atoms with Crippen LogP contribution in [0.4, 0.5) is 0 Å². The van der Waals surface area contributed by atoms with E-state index in [1.54, 1.807) is 0 Å². The molecule has 1 aliphatic heterocycles. The first kappa shape index (κ1) is 27.4. The topological polar surface area (TPSA) is 113 Å². The van der Waals surface area contributed by atoms with E-state index in [9.17, 15) is 8.42 Å². The lowest BCUT2D eigenvalue weighted by Gasteiger charge is -2.20. The number of nitrogens with zero attached hydrogens (tertiary/aromatic N) is 5. The summed E-state index contributed by atoms with van der Waals surface area (Å²) < 4.78 is 33.4. The quantitative estimate of drug-likeness (QED) is 0.452. The Morgan fingerprint density at radius 1 is 1.08 bits per heavy atom. The molecule has 0 saturated heterocycles. The summed E-state index contributed by atoms with van der Waals surface area (Å²) in [6.07, 6.45) is 5.78. The second-order valence-corrected chi connectivity index (χ2v) is 11.2. The summed E-state index contributed by atoms with van der Waals surface area (Å²) in [4.78, 5) is 7.00. The minimum Gasteiger partial charge on any atom is -0.309 e. The highest BCUT2D eigenvalue weighted by atomic mass is 35.5. The van der Waals surface area contributed by atoms with Gasteiger partial charge in [0.2, 0.25) is 0 Å². The zero-order valence-electron chi connectivity index (χ0n) is 21.1. The number of hydrogen-bond donors (Lipinski definition) is 2. The lowest BCUT2D eigenvalue weighted by Crippen LogP contribution is -2.35. The summed E-state index contributed by atoms with van der Waals surface area (Å²) in [5.41, 5.74) is 4.05. The fraction of sp³-hybridized carbons (Fsp3) is 0.423. The summed E-state index contributed by atoms with van der Waals surface area (Å²) in [7, 11) is 0.145. The molecule has 1 aromatic heterocycles. The second-order valence-electron chi connectivity index (χ2n) is 9.54. The SMILES string of the molecule is CN(C)CCc1nnc2n1-c1ccc(Cl)cc1C(c1ccccc1)=NC2.O=S(=O)(O)NC1CCCCC1. The Balaban J connectivity index is 0.000000245. The van der Waals surface area contributed by atoms with E-state index < -0.39 is 10.3 Å². The minimum absolute atomic E-state index is 0.0428. The third-order valence-electron chi connectivity index (χ3n) is 6.38. The molecule has 5 rings (SSSR count). The van der Waals surface area contributed by atoms with Crippen LogP contribution >= 0.6 is 11.6 Å². The average molecular weight is 545 g/mol. The second kappa shape index (κ2) is 12.3. The Kier molecular flexibility index (Phi) is 9.09. The zero-order chi connectivity index (χ0) is 26.4. The molecule has 2 N–H and O–H groups in total. The monoisotopic (exact) mass is 544 g/mol. The van der Waals surface area contributed by atoms with E-state index >= 15 is 0 Å². The highest BCUT2D eigenvalue weighted by Crippen LogP contribution is 2.28. The summed E-state index contributed by atoms with van der Waals surface area (Å²) in [5, 5.41) is 9.51. The highest BCUT2D eigenvalue weighted by molar-refractivity contribution is 7.83. The molecular weight excluding hydrogens is 512 g/mol. The van der Waals surface area contributed by atoms with Gasteiger partial charge < -0.3 is 4.90 Å². The molecule has 0 bridgehead atoms. The van der Waals surface area contributed by atoms with Crippen molar-refractivity contribution in [3.8, 4) is 5.69 Å². The Bertz CT molecular complexity index is 1340. The molecule has 2 heterocycles. The molecule has 0 atom stereocenters. The molecule has 0 unspecified atom stereocenters. The standard InChI is InChI=1S/C20H20ClN5.C6H13NO3S/c1-25(2)11-10-18-23-24-19-13-22-20(14-6-4-3-5-7-14)16-12-15(21)8-9-17(16)26(18)19;8-11(9,10)7-6-4-2-1-3-5-6/h3-9,12H,10-11,13H2,1-2H3;6-7H,1-5H2,(H,8,9,10). The third kappa shape index (κ3) is 7.45. The smallest absolute Gasteiger partial charge is 0.309 e. The van der Waals surface area contributed by atoms with Crippen LogP contribution in [0.2, 0.25) is 5.02 Å². The molecule has 11 heteroatoms. The molecule has 0 amide bonds. The lowest BCUT2D eigenvalue weighted by molar-refractivity contribution is 0.389. The number of rotatable bonds is 6. The van der Waals surface area contributed by atoms with Gasteiger partial charge in [-0.2, -0.15) is 13.1 Å². The van der Waals surface area contributed by atoms with Gasteiger partial charge in [-0.1, -0.05) is 61.2 Å². The first-order chi connectivity index (χ1) is 17.7. The van der Waals surface area contributed by atoms with Gasteiger partial charge in [-0.15, -0.1) is 10.2 Å². The summed E-state index contributed by atoms with van der Waals surface area (Å²) in [5.74, 6) is 1.80. The predicted molar refractivity (Wildman–Crippen MR) is 146 cm³/mol. The molecule has 2 aliphatic rings. The van der Waals surface area contributed by atoms with Crippen LogP contribution in [0.25, 0.3) is 5.69 Å². The van der Waals surface area contributed by atoms with Crippen molar-refractivity contribution in [1.82, 2.24) is 24.4 Å². The molecule has 1 saturated carbocycles. The fourth-order valence-corrected chi connectivity index (χ4v) is 5.45. The molecule has 1 fully saturated rings. The number of nitrogens with one attached hydrogen (secondary N) is 1. The van der Waals surface area contributed by atoms with Gasteiger partial charge in [0.25, 0.3) is 0 Å². The van der Waals surface area contributed by atoms with Crippen molar-refractivity contribution in [3.05, 3.63) is 76.3 Å². The number of hydrogen-bond acceptors (Lipinski definition) is 6. The summed E-state index contributed by atoms with van der Waals surface area (Å²) >= 11 is 6.32. The van der Waals surface area contributed by atoms with Crippen molar-refractivity contribution < 1.29 is 13.0 Å². The van der Waals surface area contributed by atoms with E-state index in [1.807, 2.05) is 36.4 Å². The molecule has 0 spiro atoms. The van der Waals surface area contributed by atoms with Gasteiger partial charge in [0.1, 0.15) is 12.4 Å². The van der Waals surface area contributed by atoms with E-state index in [-0.39, 0.29) is 6.04 Å². The summed E-state index contributed by atoms with van der Waals surface area (Å²) in [6.45, 7) is 1.40. The van der Waals surface area contributed by atoms with Gasteiger partial charge in [-0.3, -0.25) is 14.1 Å². The van der Waals surface area contributed by atoms with Gasteiger partial charge >= 0.3 is 10.3 Å². The van der Waals surface area contributed by atoms with Crippen LogP contribution in [0, 0.1) is 0 Å². The minimum atomic E-state index is -3.97. The number of aliphatic imine (C=N–C) groups is 1. The predicted octanol–water partition coefficient (Wildman–Crippen LogP) is 4.09. The van der Waals surface area contributed by atoms with Gasteiger partial charge in [-0.05, 0) is 45.1 Å². The van der Waals surface area contributed by atoms with Gasteiger partial charge in [0.05, 0.1) is 11.4 Å². The number of likely N-dealkylation sites (N-methyl/N-ethyl adjacent to an activating group) is 1. The van der Waals surface area contributed by atoms with Crippen molar-refractivity contribution in [2.75, 3.05) is 20.6 Å².